The van der Waals surface area contributed by atoms with Crippen LogP contribution in [0.25, 0.3) is 11.0 Å². The molecule has 1 aromatic heterocycles. The van der Waals surface area contributed by atoms with Crippen molar-refractivity contribution in [3.05, 3.63) is 38.2 Å². The van der Waals surface area contributed by atoms with E-state index < -0.39 is 5.63 Å². The van der Waals surface area contributed by atoms with Gasteiger partial charge in [-0.05, 0) is 41.0 Å². The van der Waals surface area contributed by atoms with Crippen LogP contribution in [-0.4, -0.2) is 23.6 Å². The highest BCUT2D eigenvalue weighted by Gasteiger charge is 2.17. The summed E-state index contributed by atoms with van der Waals surface area (Å²) in [5.41, 5.74) is 1.52. The highest BCUT2D eigenvalue weighted by molar-refractivity contribution is 9.10. The van der Waals surface area contributed by atoms with Gasteiger partial charge < -0.3 is 9.52 Å². The van der Waals surface area contributed by atoms with Crippen LogP contribution < -0.4 is 5.63 Å². The molecule has 0 amide bonds. The topological polar surface area (TPSA) is 53.7 Å². The fourth-order valence-corrected chi connectivity index (χ4v) is 2.95. The van der Waals surface area contributed by atoms with Crippen LogP contribution >= 0.6 is 15.9 Å². The fourth-order valence-electron chi connectivity index (χ4n) is 2.48. The number of fused-ring (bicyclic) bond motifs is 1. The predicted octanol–water partition coefficient (Wildman–Crippen LogP) is 3.28. The Morgan fingerprint density at radius 3 is 2.82 bits per heavy atom. The second kappa shape index (κ2) is 6.99. The lowest BCUT2D eigenvalue weighted by molar-refractivity contribution is 0.356. The third-order valence-electron chi connectivity index (χ3n) is 3.45. The van der Waals surface area contributed by atoms with Gasteiger partial charge in [-0.3, -0.25) is 4.90 Å². The predicted molar refractivity (Wildman–Crippen MR) is 91.0 cm³/mol. The van der Waals surface area contributed by atoms with Crippen LogP contribution in [0, 0.1) is 12.3 Å². The monoisotopic (exact) mass is 363 g/mol. The summed E-state index contributed by atoms with van der Waals surface area (Å²) in [7, 11) is 1.85. The molecule has 0 saturated carbocycles. The van der Waals surface area contributed by atoms with Gasteiger partial charge in [0.2, 0.25) is 0 Å². The maximum Gasteiger partial charge on any atom is 0.336 e. The van der Waals surface area contributed by atoms with E-state index in [2.05, 4.69) is 28.8 Å². The van der Waals surface area contributed by atoms with Crippen molar-refractivity contribution in [2.45, 2.75) is 26.3 Å². The molecule has 4 nitrogen and oxygen atoms in total. The van der Waals surface area contributed by atoms with Gasteiger partial charge >= 0.3 is 5.63 Å². The molecular weight excluding hydrogens is 346 g/mol. The van der Waals surface area contributed by atoms with E-state index in [-0.39, 0.29) is 5.75 Å². The van der Waals surface area contributed by atoms with E-state index >= 15 is 0 Å². The smallest absolute Gasteiger partial charge is 0.336 e. The molecule has 116 valence electrons. The van der Waals surface area contributed by atoms with Crippen molar-refractivity contribution in [2.75, 3.05) is 13.6 Å². The quantitative estimate of drug-likeness (QED) is 0.654. The molecule has 2 rings (SSSR count). The lowest BCUT2D eigenvalue weighted by Gasteiger charge is -2.17. The van der Waals surface area contributed by atoms with E-state index in [0.29, 0.717) is 28.7 Å². The summed E-state index contributed by atoms with van der Waals surface area (Å²) in [6.07, 6.45) is 7.01. The van der Waals surface area contributed by atoms with Crippen LogP contribution in [0.2, 0.25) is 0 Å². The Bertz CT molecular complexity index is 789. The number of halogens is 1. The zero-order chi connectivity index (χ0) is 16.3. The SMILES string of the molecule is C#CCN(C)Cc1c(O)c(Br)cc2c(CCC)cc(=O)oc12. The Balaban J connectivity index is 2.70. The second-order valence-corrected chi connectivity index (χ2v) is 6.13. The maximum absolute atomic E-state index is 11.8. The van der Waals surface area contributed by atoms with Crippen LogP contribution in [0.4, 0.5) is 0 Å². The molecule has 0 aliphatic heterocycles. The number of nitrogens with zero attached hydrogens (tertiary/aromatic N) is 1. The van der Waals surface area contributed by atoms with Crippen LogP contribution in [0.1, 0.15) is 24.5 Å². The third kappa shape index (κ3) is 3.34. The molecule has 22 heavy (non-hydrogen) atoms. The Labute approximate surface area is 137 Å². The molecule has 0 fully saturated rings. The summed E-state index contributed by atoms with van der Waals surface area (Å²) in [6, 6.07) is 3.31. The van der Waals surface area contributed by atoms with Gasteiger partial charge in [0.25, 0.3) is 0 Å². The summed E-state index contributed by atoms with van der Waals surface area (Å²) < 4.78 is 5.96. The lowest BCUT2D eigenvalue weighted by Crippen LogP contribution is -2.18. The van der Waals surface area contributed by atoms with Gasteiger partial charge in [-0.25, -0.2) is 4.79 Å². The maximum atomic E-state index is 11.8. The lowest BCUT2D eigenvalue weighted by atomic mass is 10.0. The summed E-state index contributed by atoms with van der Waals surface area (Å²) in [4.78, 5) is 13.7. The normalized spacial score (nSPS) is 11.0. The molecule has 0 spiro atoms. The molecular formula is C17H18BrNO3. The number of hydrogen-bond acceptors (Lipinski definition) is 4. The molecule has 2 aromatic rings. The highest BCUT2D eigenvalue weighted by atomic mass is 79.9. The zero-order valence-corrected chi connectivity index (χ0v) is 14.2. The van der Waals surface area contributed by atoms with Crippen molar-refractivity contribution >= 4 is 26.9 Å². The van der Waals surface area contributed by atoms with Gasteiger partial charge in [-0.15, -0.1) is 6.42 Å². The van der Waals surface area contributed by atoms with Crippen molar-refractivity contribution in [2.24, 2.45) is 0 Å². The van der Waals surface area contributed by atoms with Gasteiger partial charge in [0, 0.05) is 18.0 Å². The first-order valence-electron chi connectivity index (χ1n) is 7.07. The van der Waals surface area contributed by atoms with E-state index in [4.69, 9.17) is 10.8 Å². The number of benzene rings is 1. The molecule has 1 aromatic carbocycles. The minimum absolute atomic E-state index is 0.0770. The van der Waals surface area contributed by atoms with Crippen LogP contribution in [0.3, 0.4) is 0 Å². The summed E-state index contributed by atoms with van der Waals surface area (Å²) in [5, 5.41) is 11.2. The third-order valence-corrected chi connectivity index (χ3v) is 4.06. The first kappa shape index (κ1) is 16.6. The number of terminal acetylenes is 1. The number of rotatable bonds is 5. The second-order valence-electron chi connectivity index (χ2n) is 5.28. The van der Waals surface area contributed by atoms with Gasteiger partial charge in [-0.1, -0.05) is 19.3 Å². The molecule has 0 aliphatic rings. The Morgan fingerprint density at radius 2 is 2.18 bits per heavy atom. The minimum Gasteiger partial charge on any atom is -0.506 e. The van der Waals surface area contributed by atoms with Gasteiger partial charge in [0.15, 0.2) is 0 Å². The Morgan fingerprint density at radius 1 is 1.45 bits per heavy atom. The molecule has 0 aliphatic carbocycles. The van der Waals surface area contributed by atoms with E-state index in [1.165, 1.54) is 6.07 Å². The first-order chi connectivity index (χ1) is 10.5. The zero-order valence-electron chi connectivity index (χ0n) is 12.6. The van der Waals surface area contributed by atoms with E-state index in [1.54, 1.807) is 6.07 Å². The number of aryl methyl sites for hydroxylation is 1. The summed E-state index contributed by atoms with van der Waals surface area (Å²) in [5.74, 6) is 2.63. The number of phenolic OH excluding ortho intramolecular Hbond substituents is 1. The largest absolute Gasteiger partial charge is 0.506 e. The minimum atomic E-state index is -0.404. The fraction of sp³-hybridized carbons (Fsp3) is 0.353. The number of aromatic hydroxyl groups is 1. The standard InChI is InChI=1S/C17H18BrNO3/c1-4-6-11-8-15(20)22-17-12(11)9-14(18)16(21)13(17)10-19(3)7-5-2/h2,8-9,21H,4,6-7,10H2,1,3H3. The Kier molecular flexibility index (Phi) is 5.28. The molecule has 1 N–H and O–H groups in total. The summed E-state index contributed by atoms with van der Waals surface area (Å²) >= 11 is 3.37. The van der Waals surface area contributed by atoms with E-state index in [0.717, 1.165) is 23.8 Å². The van der Waals surface area contributed by atoms with Crippen LogP contribution in [-0.2, 0) is 13.0 Å². The van der Waals surface area contributed by atoms with Crippen molar-refractivity contribution in [3.8, 4) is 18.1 Å². The van der Waals surface area contributed by atoms with Crippen molar-refractivity contribution in [1.82, 2.24) is 4.90 Å². The average Bonchev–Trinajstić information content (AvgIpc) is 2.45. The molecule has 0 unspecified atom stereocenters. The van der Waals surface area contributed by atoms with Gasteiger partial charge in [-0.2, -0.15) is 0 Å². The van der Waals surface area contributed by atoms with Crippen LogP contribution in [0.5, 0.6) is 5.75 Å². The molecule has 0 atom stereocenters. The van der Waals surface area contributed by atoms with Crippen LogP contribution in [0.15, 0.2) is 25.8 Å². The number of phenols is 1. The number of hydrogen-bond donors (Lipinski definition) is 1. The molecule has 0 radical (unpaired) electrons. The Hall–Kier alpha value is -1.77. The van der Waals surface area contributed by atoms with Gasteiger partial charge in [0.05, 0.1) is 16.6 Å². The van der Waals surface area contributed by atoms with E-state index in [1.807, 2.05) is 11.9 Å². The molecule has 0 saturated heterocycles. The average molecular weight is 364 g/mol. The van der Waals surface area contributed by atoms with Gasteiger partial charge in [0.1, 0.15) is 11.3 Å². The highest BCUT2D eigenvalue weighted by Crippen LogP contribution is 2.36. The molecule has 5 heteroatoms. The van der Waals surface area contributed by atoms with E-state index in [9.17, 15) is 9.90 Å². The van der Waals surface area contributed by atoms with Crippen molar-refractivity contribution < 1.29 is 9.52 Å². The summed E-state index contributed by atoms with van der Waals surface area (Å²) in [6.45, 7) is 2.88. The van der Waals surface area contributed by atoms with Crippen molar-refractivity contribution in [3.63, 3.8) is 0 Å². The van der Waals surface area contributed by atoms with Crippen molar-refractivity contribution in [1.29, 1.82) is 0 Å². The molecule has 1 heterocycles. The molecule has 0 bridgehead atoms. The first-order valence-corrected chi connectivity index (χ1v) is 7.86.